The van der Waals surface area contributed by atoms with Gasteiger partial charge >= 0.3 is 0 Å². The number of benzene rings is 1. The minimum Gasteiger partial charge on any atom is -0.329 e. The lowest BCUT2D eigenvalue weighted by Crippen LogP contribution is -2.42. The van der Waals surface area contributed by atoms with Gasteiger partial charge in [-0.3, -0.25) is 0 Å². The molecule has 0 aliphatic heterocycles. The van der Waals surface area contributed by atoms with Crippen LogP contribution >= 0.6 is 11.3 Å². The Kier molecular flexibility index (Phi) is 3.06. The smallest absolute Gasteiger partial charge is 0.248 e. The maximum atomic E-state index is 13.3. The number of para-hydroxylation sites is 1. The average molecular weight is 282 g/mol. The summed E-state index contributed by atoms with van der Waals surface area (Å²) >= 11 is 1.59. The fraction of sp³-hybridized carbons (Fsp3) is 0.500. The van der Waals surface area contributed by atoms with Crippen LogP contribution in [0.25, 0.3) is 10.2 Å². The third-order valence-electron chi connectivity index (χ3n) is 4.08. The number of nitrogens with zero attached hydrogens (tertiary/aromatic N) is 1. The first-order valence-electron chi connectivity index (χ1n) is 6.49. The van der Waals surface area contributed by atoms with Crippen molar-refractivity contribution in [1.29, 1.82) is 0 Å². The van der Waals surface area contributed by atoms with Gasteiger partial charge in [0.05, 0.1) is 10.2 Å². The zero-order valence-corrected chi connectivity index (χ0v) is 11.4. The van der Waals surface area contributed by atoms with Crippen molar-refractivity contribution in [3.8, 4) is 0 Å². The second-order valence-corrected chi connectivity index (χ2v) is 6.36. The van der Waals surface area contributed by atoms with E-state index in [-0.39, 0.29) is 18.3 Å². The van der Waals surface area contributed by atoms with Crippen LogP contribution in [0.4, 0.5) is 8.78 Å². The van der Waals surface area contributed by atoms with Crippen molar-refractivity contribution < 1.29 is 8.78 Å². The van der Waals surface area contributed by atoms with Crippen LogP contribution in [-0.4, -0.2) is 17.5 Å². The summed E-state index contributed by atoms with van der Waals surface area (Å²) in [5, 5.41) is 0.923. The lowest BCUT2D eigenvalue weighted by atomic mass is 9.73. The van der Waals surface area contributed by atoms with Gasteiger partial charge < -0.3 is 5.73 Å². The van der Waals surface area contributed by atoms with Gasteiger partial charge in [-0.25, -0.2) is 13.8 Å². The van der Waals surface area contributed by atoms with Crippen molar-refractivity contribution in [2.75, 3.05) is 6.54 Å². The van der Waals surface area contributed by atoms with E-state index in [2.05, 4.69) is 4.98 Å². The summed E-state index contributed by atoms with van der Waals surface area (Å²) in [6, 6.07) is 7.87. The Morgan fingerprint density at radius 1 is 1.16 bits per heavy atom. The van der Waals surface area contributed by atoms with Crippen LogP contribution in [0.1, 0.15) is 30.7 Å². The largest absolute Gasteiger partial charge is 0.329 e. The molecule has 0 spiro atoms. The normalized spacial score (nSPS) is 21.6. The van der Waals surface area contributed by atoms with E-state index in [9.17, 15) is 8.78 Å². The molecule has 102 valence electrons. The van der Waals surface area contributed by atoms with Crippen LogP contribution < -0.4 is 5.73 Å². The molecule has 1 heterocycles. The van der Waals surface area contributed by atoms with Crippen LogP contribution in [0, 0.1) is 0 Å². The third-order valence-corrected chi connectivity index (χ3v) is 5.36. The minimum absolute atomic E-state index is 0.0832. The number of alkyl halides is 2. The van der Waals surface area contributed by atoms with Gasteiger partial charge in [0.2, 0.25) is 5.92 Å². The van der Waals surface area contributed by atoms with Gasteiger partial charge in [0.15, 0.2) is 0 Å². The zero-order valence-electron chi connectivity index (χ0n) is 10.5. The van der Waals surface area contributed by atoms with Gasteiger partial charge in [0.1, 0.15) is 5.01 Å². The molecule has 2 nitrogen and oxygen atoms in total. The predicted molar refractivity (Wildman–Crippen MR) is 73.8 cm³/mol. The Morgan fingerprint density at radius 2 is 1.84 bits per heavy atom. The molecule has 0 radical (unpaired) electrons. The van der Waals surface area contributed by atoms with Crippen LogP contribution in [0.3, 0.4) is 0 Å². The van der Waals surface area contributed by atoms with Crippen molar-refractivity contribution in [2.24, 2.45) is 5.73 Å². The third kappa shape index (κ3) is 2.25. The van der Waals surface area contributed by atoms with Crippen molar-refractivity contribution in [1.82, 2.24) is 4.98 Å². The maximum Gasteiger partial charge on any atom is 0.248 e. The van der Waals surface area contributed by atoms with E-state index in [1.54, 1.807) is 11.3 Å². The fourth-order valence-corrected chi connectivity index (χ4v) is 3.92. The van der Waals surface area contributed by atoms with Crippen LogP contribution in [0.5, 0.6) is 0 Å². The van der Waals surface area contributed by atoms with Crippen LogP contribution in [-0.2, 0) is 5.41 Å². The number of halogens is 2. The van der Waals surface area contributed by atoms with E-state index in [0.717, 1.165) is 15.2 Å². The second kappa shape index (κ2) is 4.49. The molecule has 2 N–H and O–H groups in total. The van der Waals surface area contributed by atoms with Gasteiger partial charge in [-0.1, -0.05) is 12.1 Å². The molecule has 0 amide bonds. The van der Waals surface area contributed by atoms with E-state index < -0.39 is 5.92 Å². The molecule has 2 aromatic rings. The first-order chi connectivity index (χ1) is 9.05. The van der Waals surface area contributed by atoms with E-state index >= 15 is 0 Å². The summed E-state index contributed by atoms with van der Waals surface area (Å²) in [6.45, 7) is 0.392. The molecule has 5 heteroatoms. The Labute approximate surface area is 114 Å². The molecule has 0 unspecified atom stereocenters. The second-order valence-electron chi connectivity index (χ2n) is 5.33. The fourth-order valence-electron chi connectivity index (χ4n) is 2.70. The summed E-state index contributed by atoms with van der Waals surface area (Å²) < 4.78 is 27.8. The van der Waals surface area contributed by atoms with Crippen LogP contribution in [0.2, 0.25) is 0 Å². The van der Waals surface area contributed by atoms with Gasteiger partial charge in [-0.05, 0) is 25.0 Å². The summed E-state index contributed by atoms with van der Waals surface area (Å²) in [5.41, 5.74) is 6.48. The van der Waals surface area contributed by atoms with Gasteiger partial charge in [-0.2, -0.15) is 0 Å². The maximum absolute atomic E-state index is 13.3. The topological polar surface area (TPSA) is 38.9 Å². The van der Waals surface area contributed by atoms with E-state index in [1.807, 2.05) is 24.3 Å². The highest BCUT2D eigenvalue weighted by molar-refractivity contribution is 7.18. The molecule has 1 aromatic heterocycles. The first-order valence-corrected chi connectivity index (χ1v) is 7.30. The monoisotopic (exact) mass is 282 g/mol. The quantitative estimate of drug-likeness (QED) is 0.912. The van der Waals surface area contributed by atoms with Crippen molar-refractivity contribution in [2.45, 2.75) is 37.0 Å². The number of hydrogen-bond acceptors (Lipinski definition) is 3. The summed E-state index contributed by atoms with van der Waals surface area (Å²) in [5.74, 6) is -2.53. The highest BCUT2D eigenvalue weighted by Gasteiger charge is 2.45. The van der Waals surface area contributed by atoms with Gasteiger partial charge in [0.25, 0.3) is 0 Å². The van der Waals surface area contributed by atoms with E-state index in [0.29, 0.717) is 19.4 Å². The standard InChI is InChI=1S/C14H16F2N2S/c15-14(16)7-5-13(9-17,6-8-14)12-18-10-3-1-2-4-11(10)19-12/h1-4H,5-9,17H2. The van der Waals surface area contributed by atoms with Gasteiger partial charge in [0, 0.05) is 24.8 Å². The number of thiazole rings is 1. The molecular weight excluding hydrogens is 266 g/mol. The molecule has 0 atom stereocenters. The molecule has 1 saturated carbocycles. The van der Waals surface area contributed by atoms with E-state index in [1.165, 1.54) is 0 Å². The molecular formula is C14H16F2N2S. The summed E-state index contributed by atoms with van der Waals surface area (Å²) in [6.07, 6.45) is 0.687. The molecule has 19 heavy (non-hydrogen) atoms. The minimum atomic E-state index is -2.53. The number of rotatable bonds is 2. The Hall–Kier alpha value is -1.07. The van der Waals surface area contributed by atoms with Crippen molar-refractivity contribution in [3.05, 3.63) is 29.3 Å². The zero-order chi connectivity index (χ0) is 13.5. The molecule has 0 saturated heterocycles. The number of hydrogen-bond donors (Lipinski definition) is 1. The predicted octanol–water partition coefficient (Wildman–Crippen LogP) is 3.70. The molecule has 3 rings (SSSR count). The van der Waals surface area contributed by atoms with Crippen molar-refractivity contribution in [3.63, 3.8) is 0 Å². The average Bonchev–Trinajstić information content (AvgIpc) is 2.84. The molecule has 1 aliphatic carbocycles. The SMILES string of the molecule is NCC1(c2nc3ccccc3s2)CCC(F)(F)CC1. The van der Waals surface area contributed by atoms with E-state index in [4.69, 9.17) is 5.73 Å². The number of aromatic nitrogens is 1. The van der Waals surface area contributed by atoms with Crippen molar-refractivity contribution >= 4 is 21.6 Å². The number of fused-ring (bicyclic) bond motifs is 1. The molecule has 1 aliphatic rings. The summed E-state index contributed by atoms with van der Waals surface area (Å²) in [7, 11) is 0. The van der Waals surface area contributed by atoms with Gasteiger partial charge in [-0.15, -0.1) is 11.3 Å². The first kappa shape index (κ1) is 12.9. The van der Waals surface area contributed by atoms with Crippen LogP contribution in [0.15, 0.2) is 24.3 Å². The highest BCUT2D eigenvalue weighted by atomic mass is 32.1. The molecule has 0 bridgehead atoms. The molecule has 1 aromatic carbocycles. The lowest BCUT2D eigenvalue weighted by molar-refractivity contribution is -0.0509. The lowest BCUT2D eigenvalue weighted by Gasteiger charge is -2.37. The highest BCUT2D eigenvalue weighted by Crippen LogP contribution is 2.46. The molecule has 1 fully saturated rings. The Balaban J connectivity index is 1.98. The Morgan fingerprint density at radius 3 is 2.47 bits per heavy atom. The Bertz CT molecular complexity index is 551. The number of nitrogens with two attached hydrogens (primary N) is 1. The summed E-state index contributed by atoms with van der Waals surface area (Å²) in [4.78, 5) is 4.62.